The molecule has 0 fully saturated rings. The minimum absolute atomic E-state index is 0.0373. The summed E-state index contributed by atoms with van der Waals surface area (Å²) in [4.78, 5) is 10.6. The van der Waals surface area contributed by atoms with Gasteiger partial charge in [-0.2, -0.15) is 0 Å². The van der Waals surface area contributed by atoms with Crippen LogP contribution in [0.4, 0.5) is 0 Å². The lowest BCUT2D eigenvalue weighted by Crippen LogP contribution is -2.35. The van der Waals surface area contributed by atoms with Gasteiger partial charge in [0.1, 0.15) is 18.0 Å². The number of ether oxygens (including phenoxy) is 1. The molecule has 0 aliphatic carbocycles. The smallest absolute Gasteiger partial charge is 0.306 e. The van der Waals surface area contributed by atoms with Crippen LogP contribution < -0.4 is 4.74 Å². The number of carboxylic acid groups (broad SMARTS) is 1. The first kappa shape index (κ1) is 14.5. The van der Waals surface area contributed by atoms with Gasteiger partial charge in [0.15, 0.2) is 0 Å². The maximum absolute atomic E-state index is 10.6. The van der Waals surface area contributed by atoms with E-state index in [1.165, 1.54) is 6.92 Å². The quantitative estimate of drug-likeness (QED) is 0.843. The molecule has 1 rings (SSSR count). The molecular weight excluding hydrogens is 232 g/mol. The number of aliphatic hydroxyl groups is 1. The van der Waals surface area contributed by atoms with Gasteiger partial charge in [-0.05, 0) is 44.4 Å². The van der Waals surface area contributed by atoms with Gasteiger partial charge in [0, 0.05) is 0 Å². The molecule has 0 bridgehead atoms. The van der Waals surface area contributed by atoms with Crippen molar-refractivity contribution in [2.24, 2.45) is 0 Å². The van der Waals surface area contributed by atoms with Gasteiger partial charge in [0.2, 0.25) is 0 Å². The zero-order valence-electron chi connectivity index (χ0n) is 11.3. The average molecular weight is 252 g/mol. The Morgan fingerprint density at radius 3 is 2.39 bits per heavy atom. The van der Waals surface area contributed by atoms with E-state index >= 15 is 0 Å². The fourth-order valence-electron chi connectivity index (χ4n) is 1.75. The van der Waals surface area contributed by atoms with Crippen LogP contribution in [-0.4, -0.2) is 28.4 Å². The molecule has 0 saturated heterocycles. The molecule has 1 atom stereocenters. The van der Waals surface area contributed by atoms with Gasteiger partial charge < -0.3 is 14.9 Å². The number of hydrogen-bond acceptors (Lipinski definition) is 3. The molecule has 1 unspecified atom stereocenters. The molecule has 1 aromatic rings. The van der Waals surface area contributed by atoms with Crippen LogP contribution in [0.15, 0.2) is 12.1 Å². The summed E-state index contributed by atoms with van der Waals surface area (Å²) in [7, 11) is 0. The summed E-state index contributed by atoms with van der Waals surface area (Å²) in [6.45, 7) is 7.28. The molecule has 0 aliphatic heterocycles. The van der Waals surface area contributed by atoms with Crippen LogP contribution in [-0.2, 0) is 4.79 Å². The lowest BCUT2D eigenvalue weighted by Gasteiger charge is -2.23. The third-order valence-corrected chi connectivity index (χ3v) is 2.93. The van der Waals surface area contributed by atoms with E-state index in [1.54, 1.807) is 0 Å². The molecule has 4 nitrogen and oxygen atoms in total. The van der Waals surface area contributed by atoms with Crippen molar-refractivity contribution in [2.45, 2.75) is 39.7 Å². The predicted molar refractivity (Wildman–Crippen MR) is 69.0 cm³/mol. The third kappa shape index (κ3) is 3.74. The van der Waals surface area contributed by atoms with Crippen LogP contribution in [0, 0.1) is 20.8 Å². The van der Waals surface area contributed by atoms with Crippen molar-refractivity contribution in [1.82, 2.24) is 0 Å². The Bertz CT molecular complexity index is 449. The van der Waals surface area contributed by atoms with Gasteiger partial charge >= 0.3 is 5.97 Å². The molecule has 4 heteroatoms. The molecule has 2 N–H and O–H groups in total. The largest absolute Gasteiger partial charge is 0.490 e. The molecule has 0 aliphatic rings. The second-order valence-electron chi connectivity index (χ2n) is 5.01. The van der Waals surface area contributed by atoms with Crippen molar-refractivity contribution in [3.63, 3.8) is 0 Å². The SMILES string of the molecule is Cc1ccc(C)c(OCC(C)(O)CC(=O)O)c1C. The summed E-state index contributed by atoms with van der Waals surface area (Å²) in [5.74, 6) is -0.318. The second kappa shape index (κ2) is 5.40. The van der Waals surface area contributed by atoms with E-state index in [-0.39, 0.29) is 13.0 Å². The van der Waals surface area contributed by atoms with Crippen molar-refractivity contribution >= 4 is 5.97 Å². The van der Waals surface area contributed by atoms with Crippen LogP contribution in [0.3, 0.4) is 0 Å². The summed E-state index contributed by atoms with van der Waals surface area (Å²) >= 11 is 0. The van der Waals surface area contributed by atoms with Gasteiger partial charge in [-0.15, -0.1) is 0 Å². The number of benzene rings is 1. The summed E-state index contributed by atoms with van der Waals surface area (Å²) < 4.78 is 5.60. The highest BCUT2D eigenvalue weighted by atomic mass is 16.5. The number of hydrogen-bond donors (Lipinski definition) is 2. The first-order valence-electron chi connectivity index (χ1n) is 5.87. The number of carbonyl (C=O) groups is 1. The third-order valence-electron chi connectivity index (χ3n) is 2.93. The van der Waals surface area contributed by atoms with E-state index in [4.69, 9.17) is 9.84 Å². The van der Waals surface area contributed by atoms with E-state index in [1.807, 2.05) is 32.9 Å². The van der Waals surface area contributed by atoms with E-state index in [0.717, 1.165) is 22.4 Å². The molecule has 0 heterocycles. The van der Waals surface area contributed by atoms with Crippen LogP contribution >= 0.6 is 0 Å². The van der Waals surface area contributed by atoms with E-state index in [0.29, 0.717) is 0 Å². The minimum Gasteiger partial charge on any atom is -0.490 e. The van der Waals surface area contributed by atoms with Crippen molar-refractivity contribution in [3.05, 3.63) is 28.8 Å². The number of aliphatic carboxylic acids is 1. The fourth-order valence-corrected chi connectivity index (χ4v) is 1.75. The second-order valence-corrected chi connectivity index (χ2v) is 5.01. The monoisotopic (exact) mass is 252 g/mol. The van der Waals surface area contributed by atoms with Gasteiger partial charge in [-0.3, -0.25) is 4.79 Å². The maximum Gasteiger partial charge on any atom is 0.306 e. The first-order valence-corrected chi connectivity index (χ1v) is 5.87. The summed E-state index contributed by atoms with van der Waals surface area (Å²) in [5, 5.41) is 18.6. The highest BCUT2D eigenvalue weighted by Gasteiger charge is 2.25. The van der Waals surface area contributed by atoms with Crippen molar-refractivity contribution < 1.29 is 19.7 Å². The molecule has 1 aromatic carbocycles. The van der Waals surface area contributed by atoms with Crippen LogP contribution in [0.25, 0.3) is 0 Å². The molecule has 0 aromatic heterocycles. The van der Waals surface area contributed by atoms with E-state index in [9.17, 15) is 9.90 Å². The van der Waals surface area contributed by atoms with Crippen molar-refractivity contribution in [1.29, 1.82) is 0 Å². The molecule has 0 saturated carbocycles. The van der Waals surface area contributed by atoms with Crippen molar-refractivity contribution in [3.8, 4) is 5.75 Å². The Morgan fingerprint density at radius 1 is 1.28 bits per heavy atom. The standard InChI is InChI=1S/C14H20O4/c1-9-5-6-10(2)13(11(9)3)18-8-14(4,17)7-12(15)16/h5-6,17H,7-8H2,1-4H3,(H,15,16). The molecule has 0 amide bonds. The van der Waals surface area contributed by atoms with Gasteiger partial charge in [-0.1, -0.05) is 12.1 Å². The zero-order valence-corrected chi connectivity index (χ0v) is 11.3. The zero-order chi connectivity index (χ0) is 13.9. The highest BCUT2D eigenvalue weighted by Crippen LogP contribution is 2.26. The number of rotatable bonds is 5. The summed E-state index contributed by atoms with van der Waals surface area (Å²) in [6, 6.07) is 3.95. The molecular formula is C14H20O4. The normalized spacial score (nSPS) is 14.1. The molecule has 18 heavy (non-hydrogen) atoms. The average Bonchev–Trinajstić information content (AvgIpc) is 2.22. The van der Waals surface area contributed by atoms with Gasteiger partial charge in [0.25, 0.3) is 0 Å². The molecule has 0 spiro atoms. The lowest BCUT2D eigenvalue weighted by atomic mass is 10.0. The first-order chi connectivity index (χ1) is 8.23. The van der Waals surface area contributed by atoms with Crippen molar-refractivity contribution in [2.75, 3.05) is 6.61 Å². The Hall–Kier alpha value is -1.55. The Balaban J connectivity index is 2.81. The van der Waals surface area contributed by atoms with Crippen LogP contribution in [0.2, 0.25) is 0 Å². The van der Waals surface area contributed by atoms with E-state index in [2.05, 4.69) is 0 Å². The van der Waals surface area contributed by atoms with Crippen LogP contribution in [0.5, 0.6) is 5.75 Å². The van der Waals surface area contributed by atoms with Crippen LogP contribution in [0.1, 0.15) is 30.0 Å². The topological polar surface area (TPSA) is 66.8 Å². The number of carboxylic acids is 1. The Kier molecular flexibility index (Phi) is 4.35. The fraction of sp³-hybridized carbons (Fsp3) is 0.500. The summed E-state index contributed by atoms with van der Waals surface area (Å²) in [5.41, 5.74) is 1.73. The Labute approximate surface area is 107 Å². The Morgan fingerprint density at radius 2 is 1.83 bits per heavy atom. The predicted octanol–water partition coefficient (Wildman–Crippen LogP) is 2.22. The van der Waals surface area contributed by atoms with Gasteiger partial charge in [0.05, 0.1) is 6.42 Å². The highest BCUT2D eigenvalue weighted by molar-refractivity contribution is 5.68. The summed E-state index contributed by atoms with van der Waals surface area (Å²) in [6.07, 6.45) is -0.336. The number of aryl methyl sites for hydroxylation is 2. The van der Waals surface area contributed by atoms with E-state index < -0.39 is 11.6 Å². The van der Waals surface area contributed by atoms with Gasteiger partial charge in [-0.25, -0.2) is 0 Å². The molecule has 100 valence electrons. The maximum atomic E-state index is 10.6. The lowest BCUT2D eigenvalue weighted by molar-refractivity contribution is -0.143. The minimum atomic E-state index is -1.37. The molecule has 0 radical (unpaired) electrons.